The number of amides is 1. The van der Waals surface area contributed by atoms with Gasteiger partial charge in [-0.15, -0.1) is 0 Å². The number of rotatable bonds is 5. The molecule has 2 rings (SSSR count). The Labute approximate surface area is 122 Å². The van der Waals surface area contributed by atoms with Crippen LogP contribution in [-0.2, 0) is 6.42 Å². The normalized spacial score (nSPS) is 10.4. The van der Waals surface area contributed by atoms with Gasteiger partial charge >= 0.3 is 0 Å². The van der Waals surface area contributed by atoms with Gasteiger partial charge in [-0.3, -0.25) is 4.79 Å². The number of aryl methyl sites for hydroxylation is 1. The highest BCUT2D eigenvalue weighted by Crippen LogP contribution is 2.16. The van der Waals surface area contributed by atoms with Crippen LogP contribution in [0.5, 0.6) is 0 Å². The van der Waals surface area contributed by atoms with Crippen molar-refractivity contribution in [3.8, 4) is 0 Å². The summed E-state index contributed by atoms with van der Waals surface area (Å²) in [5.41, 5.74) is 7.25. The first-order valence-electron chi connectivity index (χ1n) is 6.66. The highest BCUT2D eigenvalue weighted by molar-refractivity contribution is 6.04. The second kappa shape index (κ2) is 6.85. The predicted molar refractivity (Wildman–Crippen MR) is 80.6 cm³/mol. The number of carbonyl (C=O) groups is 1. The summed E-state index contributed by atoms with van der Waals surface area (Å²) in [6, 6.07) is 11.3. The molecule has 0 aromatic heterocycles. The number of nitrogen functional groups attached to an aromatic ring is 1. The number of anilines is 2. The van der Waals surface area contributed by atoms with Gasteiger partial charge in [-0.05, 0) is 48.7 Å². The molecule has 2 aromatic carbocycles. The van der Waals surface area contributed by atoms with Gasteiger partial charge in [0.2, 0.25) is 0 Å². The SMILES string of the molecule is Nc1ccc(C(=O)Nc2cccc(CCCO)c2)cc1F. The molecule has 0 atom stereocenters. The molecule has 0 saturated carbocycles. The number of hydrogen-bond donors (Lipinski definition) is 3. The molecule has 0 spiro atoms. The lowest BCUT2D eigenvalue weighted by Crippen LogP contribution is -2.12. The Bertz CT molecular complexity index is 644. The van der Waals surface area contributed by atoms with Crippen molar-refractivity contribution < 1.29 is 14.3 Å². The van der Waals surface area contributed by atoms with Crippen LogP contribution in [0.3, 0.4) is 0 Å². The van der Waals surface area contributed by atoms with Crippen LogP contribution in [0.1, 0.15) is 22.3 Å². The molecule has 4 N–H and O–H groups in total. The number of carbonyl (C=O) groups excluding carboxylic acids is 1. The molecule has 2 aromatic rings. The molecule has 0 radical (unpaired) electrons. The van der Waals surface area contributed by atoms with E-state index in [1.165, 1.54) is 12.1 Å². The molecule has 0 bridgehead atoms. The third kappa shape index (κ3) is 4.03. The van der Waals surface area contributed by atoms with Crippen molar-refractivity contribution in [2.24, 2.45) is 0 Å². The van der Waals surface area contributed by atoms with Crippen molar-refractivity contribution in [1.29, 1.82) is 0 Å². The van der Waals surface area contributed by atoms with Crippen LogP contribution in [-0.4, -0.2) is 17.6 Å². The van der Waals surface area contributed by atoms with Gasteiger partial charge in [0.15, 0.2) is 0 Å². The summed E-state index contributed by atoms with van der Waals surface area (Å²) < 4.78 is 13.4. The van der Waals surface area contributed by atoms with Crippen LogP contribution in [0.15, 0.2) is 42.5 Å². The van der Waals surface area contributed by atoms with E-state index in [2.05, 4.69) is 5.32 Å². The molecule has 1 amide bonds. The van der Waals surface area contributed by atoms with E-state index in [4.69, 9.17) is 10.8 Å². The lowest BCUT2D eigenvalue weighted by Gasteiger charge is -2.08. The summed E-state index contributed by atoms with van der Waals surface area (Å²) in [5.74, 6) is -1.01. The Morgan fingerprint density at radius 2 is 2.05 bits per heavy atom. The molecule has 110 valence electrons. The van der Waals surface area contributed by atoms with E-state index in [0.29, 0.717) is 12.1 Å². The molecule has 0 saturated heterocycles. The first-order valence-corrected chi connectivity index (χ1v) is 6.66. The Balaban J connectivity index is 2.10. The standard InChI is InChI=1S/C16H17FN2O2/c17-14-10-12(6-7-15(14)18)16(21)19-13-5-1-3-11(9-13)4-2-8-20/h1,3,5-7,9-10,20H,2,4,8,18H2,(H,19,21). The lowest BCUT2D eigenvalue weighted by molar-refractivity contribution is 0.102. The van der Waals surface area contributed by atoms with Crippen molar-refractivity contribution in [2.75, 3.05) is 17.7 Å². The van der Waals surface area contributed by atoms with Gasteiger partial charge in [-0.1, -0.05) is 12.1 Å². The molecule has 21 heavy (non-hydrogen) atoms. The Hall–Kier alpha value is -2.40. The lowest BCUT2D eigenvalue weighted by atomic mass is 10.1. The number of nitrogens with one attached hydrogen (secondary N) is 1. The van der Waals surface area contributed by atoms with E-state index in [-0.39, 0.29) is 17.9 Å². The van der Waals surface area contributed by atoms with Crippen molar-refractivity contribution in [1.82, 2.24) is 0 Å². The van der Waals surface area contributed by atoms with Gasteiger partial charge in [-0.25, -0.2) is 4.39 Å². The number of hydrogen-bond acceptors (Lipinski definition) is 3. The Morgan fingerprint density at radius 3 is 2.76 bits per heavy atom. The van der Waals surface area contributed by atoms with Crippen molar-refractivity contribution >= 4 is 17.3 Å². The highest BCUT2D eigenvalue weighted by atomic mass is 19.1. The molecule has 0 unspecified atom stereocenters. The maximum atomic E-state index is 13.4. The zero-order chi connectivity index (χ0) is 15.2. The van der Waals surface area contributed by atoms with E-state index in [0.717, 1.165) is 18.1 Å². The molecule has 0 aliphatic rings. The Morgan fingerprint density at radius 1 is 1.24 bits per heavy atom. The molecular weight excluding hydrogens is 271 g/mol. The maximum Gasteiger partial charge on any atom is 0.255 e. The minimum Gasteiger partial charge on any atom is -0.396 e. The van der Waals surface area contributed by atoms with E-state index in [1.807, 2.05) is 18.2 Å². The van der Waals surface area contributed by atoms with Gasteiger partial charge in [0.25, 0.3) is 5.91 Å². The number of aliphatic hydroxyl groups excluding tert-OH is 1. The zero-order valence-electron chi connectivity index (χ0n) is 11.5. The van der Waals surface area contributed by atoms with Crippen LogP contribution < -0.4 is 11.1 Å². The average Bonchev–Trinajstić information content (AvgIpc) is 2.48. The number of halogens is 1. The molecule has 5 heteroatoms. The van der Waals surface area contributed by atoms with E-state index in [1.54, 1.807) is 6.07 Å². The average molecular weight is 288 g/mol. The minimum atomic E-state index is -0.612. The summed E-state index contributed by atoms with van der Waals surface area (Å²) in [7, 11) is 0. The fraction of sp³-hybridized carbons (Fsp3) is 0.188. The van der Waals surface area contributed by atoms with E-state index >= 15 is 0 Å². The number of aliphatic hydroxyl groups is 1. The van der Waals surface area contributed by atoms with Crippen LogP contribution in [0.25, 0.3) is 0 Å². The van der Waals surface area contributed by atoms with Crippen LogP contribution in [0.2, 0.25) is 0 Å². The molecule has 0 aliphatic carbocycles. The van der Waals surface area contributed by atoms with Gasteiger partial charge < -0.3 is 16.2 Å². The zero-order valence-corrected chi connectivity index (χ0v) is 11.5. The fourth-order valence-electron chi connectivity index (χ4n) is 1.96. The van der Waals surface area contributed by atoms with Crippen molar-refractivity contribution in [2.45, 2.75) is 12.8 Å². The Kier molecular flexibility index (Phi) is 4.90. The topological polar surface area (TPSA) is 75.4 Å². The van der Waals surface area contributed by atoms with Crippen LogP contribution in [0.4, 0.5) is 15.8 Å². The van der Waals surface area contributed by atoms with Gasteiger partial charge in [0.1, 0.15) is 5.82 Å². The van der Waals surface area contributed by atoms with Crippen molar-refractivity contribution in [3.05, 3.63) is 59.4 Å². The summed E-state index contributed by atoms with van der Waals surface area (Å²) in [6.07, 6.45) is 1.40. The largest absolute Gasteiger partial charge is 0.396 e. The predicted octanol–water partition coefficient (Wildman–Crippen LogP) is 2.59. The third-order valence-electron chi connectivity index (χ3n) is 3.07. The third-order valence-corrected chi connectivity index (χ3v) is 3.07. The second-order valence-electron chi connectivity index (χ2n) is 4.72. The van der Waals surface area contributed by atoms with Crippen LogP contribution in [0, 0.1) is 5.82 Å². The molecular formula is C16H17FN2O2. The van der Waals surface area contributed by atoms with Gasteiger partial charge in [0.05, 0.1) is 5.69 Å². The van der Waals surface area contributed by atoms with Crippen LogP contribution >= 0.6 is 0 Å². The maximum absolute atomic E-state index is 13.4. The highest BCUT2D eigenvalue weighted by Gasteiger charge is 2.09. The van der Waals surface area contributed by atoms with Crippen molar-refractivity contribution in [3.63, 3.8) is 0 Å². The summed E-state index contributed by atoms with van der Waals surface area (Å²) in [6.45, 7) is 0.126. The molecule has 4 nitrogen and oxygen atoms in total. The molecule has 0 aliphatic heterocycles. The number of nitrogens with two attached hydrogens (primary N) is 1. The van der Waals surface area contributed by atoms with E-state index < -0.39 is 11.7 Å². The summed E-state index contributed by atoms with van der Waals surface area (Å²) in [5, 5.41) is 11.5. The first-order chi connectivity index (χ1) is 10.1. The van der Waals surface area contributed by atoms with E-state index in [9.17, 15) is 9.18 Å². The minimum absolute atomic E-state index is 0.0116. The quantitative estimate of drug-likeness (QED) is 0.740. The molecule has 0 heterocycles. The van der Waals surface area contributed by atoms with Gasteiger partial charge in [0, 0.05) is 17.9 Å². The smallest absolute Gasteiger partial charge is 0.255 e. The van der Waals surface area contributed by atoms with Gasteiger partial charge in [-0.2, -0.15) is 0 Å². The summed E-state index contributed by atoms with van der Waals surface area (Å²) in [4.78, 5) is 12.0. The molecule has 0 fully saturated rings. The summed E-state index contributed by atoms with van der Waals surface area (Å²) >= 11 is 0. The fourth-order valence-corrected chi connectivity index (χ4v) is 1.96. The monoisotopic (exact) mass is 288 g/mol. The second-order valence-corrected chi connectivity index (χ2v) is 4.72. The number of benzene rings is 2. The first kappa shape index (κ1) is 15.0.